The Kier molecular flexibility index (Phi) is 4.53. The summed E-state index contributed by atoms with van der Waals surface area (Å²) in [5.41, 5.74) is 3.21. The van der Waals surface area contributed by atoms with Crippen LogP contribution in [0, 0.1) is 0 Å². The predicted molar refractivity (Wildman–Crippen MR) is 111 cm³/mol. The number of rotatable bonds is 6. The van der Waals surface area contributed by atoms with Crippen LogP contribution >= 0.6 is 0 Å². The Hall–Kier alpha value is -4.27. The van der Waals surface area contributed by atoms with E-state index in [-0.39, 0.29) is 6.61 Å². The van der Waals surface area contributed by atoms with Gasteiger partial charge in [-0.3, -0.25) is 0 Å². The van der Waals surface area contributed by atoms with E-state index in [2.05, 4.69) is 25.3 Å². The lowest BCUT2D eigenvalue weighted by molar-refractivity contribution is 0.126. The van der Waals surface area contributed by atoms with Crippen LogP contribution < -0.4 is 4.74 Å². The first-order valence-electron chi connectivity index (χ1n) is 9.24. The molecule has 0 saturated heterocycles. The molecular formula is C21H17N7O2. The van der Waals surface area contributed by atoms with Gasteiger partial charge in [0, 0.05) is 0 Å². The quantitative estimate of drug-likeness (QED) is 0.322. The first-order valence-corrected chi connectivity index (χ1v) is 9.24. The molecule has 0 bridgehead atoms. The number of para-hydroxylation sites is 1. The van der Waals surface area contributed by atoms with Gasteiger partial charge in [-0.2, -0.15) is 5.10 Å². The summed E-state index contributed by atoms with van der Waals surface area (Å²) in [6.45, 7) is 0.142. The molecule has 3 aromatic heterocycles. The van der Waals surface area contributed by atoms with Crippen LogP contribution in [0.3, 0.4) is 0 Å². The van der Waals surface area contributed by atoms with Gasteiger partial charge >= 0.3 is 0 Å². The lowest BCUT2D eigenvalue weighted by Gasteiger charge is -2.01. The minimum absolute atomic E-state index is 0.142. The third-order valence-corrected chi connectivity index (χ3v) is 4.54. The van der Waals surface area contributed by atoms with Crippen LogP contribution in [-0.4, -0.2) is 42.7 Å². The molecule has 0 N–H and O–H groups in total. The van der Waals surface area contributed by atoms with Crippen LogP contribution in [0.2, 0.25) is 0 Å². The molecule has 5 aromatic rings. The molecule has 3 heterocycles. The second-order valence-electron chi connectivity index (χ2n) is 6.45. The maximum absolute atomic E-state index is 5.35. The molecule has 30 heavy (non-hydrogen) atoms. The Balaban J connectivity index is 1.35. The second kappa shape index (κ2) is 7.63. The Morgan fingerprint density at radius 3 is 2.67 bits per heavy atom. The van der Waals surface area contributed by atoms with Crippen molar-refractivity contribution in [3.63, 3.8) is 0 Å². The first kappa shape index (κ1) is 17.8. The van der Waals surface area contributed by atoms with Crippen LogP contribution in [0.25, 0.3) is 22.4 Å². The molecule has 0 aliphatic carbocycles. The zero-order valence-electron chi connectivity index (χ0n) is 16.1. The maximum Gasteiger partial charge on any atom is 0.192 e. The van der Waals surface area contributed by atoms with E-state index in [1.54, 1.807) is 35.0 Å². The zero-order chi connectivity index (χ0) is 20.3. The molecule has 0 aliphatic heterocycles. The molecule has 5 rings (SSSR count). The molecule has 0 saturated carbocycles. The van der Waals surface area contributed by atoms with Crippen molar-refractivity contribution >= 4 is 22.9 Å². The van der Waals surface area contributed by atoms with Gasteiger partial charge in [0.1, 0.15) is 12.1 Å². The van der Waals surface area contributed by atoms with E-state index in [1.807, 2.05) is 54.6 Å². The Morgan fingerprint density at radius 2 is 1.87 bits per heavy atom. The molecule has 0 amide bonds. The van der Waals surface area contributed by atoms with Crippen molar-refractivity contribution in [2.45, 2.75) is 6.61 Å². The van der Waals surface area contributed by atoms with E-state index in [9.17, 15) is 0 Å². The molecule has 0 radical (unpaired) electrons. The fourth-order valence-electron chi connectivity index (χ4n) is 3.07. The predicted octanol–water partition coefficient (Wildman–Crippen LogP) is 3.02. The summed E-state index contributed by atoms with van der Waals surface area (Å²) in [7, 11) is 1.63. The summed E-state index contributed by atoms with van der Waals surface area (Å²) in [4.78, 5) is 14.4. The average molecular weight is 399 g/mol. The third kappa shape index (κ3) is 3.32. The molecule has 0 fully saturated rings. The van der Waals surface area contributed by atoms with Gasteiger partial charge in [-0.1, -0.05) is 23.4 Å². The number of oxime groups is 1. The van der Waals surface area contributed by atoms with E-state index in [0.717, 1.165) is 22.4 Å². The van der Waals surface area contributed by atoms with Gasteiger partial charge in [-0.05, 0) is 42.0 Å². The molecule has 148 valence electrons. The highest BCUT2D eigenvalue weighted by Crippen LogP contribution is 2.19. The van der Waals surface area contributed by atoms with E-state index in [1.165, 1.54) is 0 Å². The lowest BCUT2D eigenvalue weighted by atomic mass is 10.2. The molecule has 0 aliphatic rings. The average Bonchev–Trinajstić information content (AvgIpc) is 3.41. The number of aromatic nitrogens is 6. The maximum atomic E-state index is 5.35. The standard InChI is InChI=1S/C21H17N7O2/c1-29-17-9-7-15(8-10-17)11-24-30-13-19-25-21-18-12-23-28(16-5-3-2-4-6-16)20(18)22-14-27(21)26-19/h2-12,14H,13H2,1H3/b24-11-. The number of hydrogen-bond donors (Lipinski definition) is 0. The van der Waals surface area contributed by atoms with Gasteiger partial charge in [0.05, 0.1) is 30.6 Å². The smallest absolute Gasteiger partial charge is 0.192 e. The second-order valence-corrected chi connectivity index (χ2v) is 6.45. The van der Waals surface area contributed by atoms with E-state index in [4.69, 9.17) is 9.57 Å². The fourth-order valence-corrected chi connectivity index (χ4v) is 3.07. The topological polar surface area (TPSA) is 91.7 Å². The summed E-state index contributed by atoms with van der Waals surface area (Å²) in [5, 5.41) is 13.6. The van der Waals surface area contributed by atoms with Gasteiger partial charge in [-0.15, -0.1) is 5.10 Å². The highest BCUT2D eigenvalue weighted by Gasteiger charge is 2.13. The number of nitrogens with zero attached hydrogens (tertiary/aromatic N) is 7. The minimum Gasteiger partial charge on any atom is -0.497 e. The van der Waals surface area contributed by atoms with Crippen molar-refractivity contribution in [1.82, 2.24) is 29.4 Å². The molecule has 0 unspecified atom stereocenters. The van der Waals surface area contributed by atoms with Crippen molar-refractivity contribution in [2.75, 3.05) is 7.11 Å². The zero-order valence-corrected chi connectivity index (χ0v) is 16.1. The first-order chi connectivity index (χ1) is 14.8. The van der Waals surface area contributed by atoms with Gasteiger partial charge in [0.15, 0.2) is 23.7 Å². The minimum atomic E-state index is 0.142. The van der Waals surface area contributed by atoms with Crippen LogP contribution in [0.15, 0.2) is 72.3 Å². The highest BCUT2D eigenvalue weighted by atomic mass is 16.6. The fraction of sp³-hybridized carbons (Fsp3) is 0.0952. The number of hydrogen-bond acceptors (Lipinski definition) is 7. The number of ether oxygens (including phenoxy) is 1. The van der Waals surface area contributed by atoms with Crippen molar-refractivity contribution < 1.29 is 9.57 Å². The Morgan fingerprint density at radius 1 is 1.03 bits per heavy atom. The van der Waals surface area contributed by atoms with Crippen LogP contribution in [-0.2, 0) is 11.4 Å². The Bertz CT molecular complexity index is 1320. The summed E-state index contributed by atoms with van der Waals surface area (Å²) >= 11 is 0. The molecule has 2 aromatic carbocycles. The molecule has 0 atom stereocenters. The summed E-state index contributed by atoms with van der Waals surface area (Å²) in [6, 6.07) is 17.3. The van der Waals surface area contributed by atoms with Gasteiger partial charge < -0.3 is 9.57 Å². The van der Waals surface area contributed by atoms with Crippen molar-refractivity contribution in [3.05, 3.63) is 78.5 Å². The van der Waals surface area contributed by atoms with Crippen molar-refractivity contribution in [3.8, 4) is 11.4 Å². The molecule has 9 nitrogen and oxygen atoms in total. The SMILES string of the molecule is COc1ccc(/C=N\OCc2nc3c4cnn(-c5ccccc5)c4ncn3n2)cc1. The monoisotopic (exact) mass is 399 g/mol. The van der Waals surface area contributed by atoms with E-state index >= 15 is 0 Å². The largest absolute Gasteiger partial charge is 0.497 e. The highest BCUT2D eigenvalue weighted by molar-refractivity contribution is 5.89. The molecular weight excluding hydrogens is 382 g/mol. The number of benzene rings is 2. The van der Waals surface area contributed by atoms with Crippen molar-refractivity contribution in [1.29, 1.82) is 0 Å². The van der Waals surface area contributed by atoms with E-state index < -0.39 is 0 Å². The van der Waals surface area contributed by atoms with Crippen LogP contribution in [0.5, 0.6) is 5.75 Å². The van der Waals surface area contributed by atoms with Gasteiger partial charge in [0.2, 0.25) is 0 Å². The summed E-state index contributed by atoms with van der Waals surface area (Å²) in [5.74, 6) is 1.29. The summed E-state index contributed by atoms with van der Waals surface area (Å²) < 4.78 is 8.53. The molecule has 9 heteroatoms. The van der Waals surface area contributed by atoms with Crippen LogP contribution in [0.4, 0.5) is 0 Å². The number of fused-ring (bicyclic) bond motifs is 3. The lowest BCUT2D eigenvalue weighted by Crippen LogP contribution is -1.98. The Labute approximate surface area is 171 Å². The van der Waals surface area contributed by atoms with Crippen molar-refractivity contribution in [2.24, 2.45) is 5.16 Å². The third-order valence-electron chi connectivity index (χ3n) is 4.54. The van der Waals surface area contributed by atoms with Crippen LogP contribution in [0.1, 0.15) is 11.4 Å². The number of methoxy groups -OCH3 is 1. The van der Waals surface area contributed by atoms with Gasteiger partial charge in [-0.25, -0.2) is 19.2 Å². The summed E-state index contributed by atoms with van der Waals surface area (Å²) in [6.07, 6.45) is 4.99. The molecule has 0 spiro atoms. The normalized spacial score (nSPS) is 11.5. The van der Waals surface area contributed by atoms with E-state index in [0.29, 0.717) is 17.1 Å². The van der Waals surface area contributed by atoms with Gasteiger partial charge in [0.25, 0.3) is 0 Å².